The third kappa shape index (κ3) is 4.76. The molecule has 2 nitrogen and oxygen atoms in total. The van der Waals surface area contributed by atoms with Crippen molar-refractivity contribution in [3.8, 4) is 0 Å². The Balaban J connectivity index is 3.16. The summed E-state index contributed by atoms with van der Waals surface area (Å²) in [6.07, 6.45) is -0.185. The predicted octanol–water partition coefficient (Wildman–Crippen LogP) is 2.58. The van der Waals surface area contributed by atoms with E-state index in [9.17, 15) is 9.18 Å². The summed E-state index contributed by atoms with van der Waals surface area (Å²) in [6.45, 7) is 0. The second-order valence-corrected chi connectivity index (χ2v) is 2.97. The quantitative estimate of drug-likeness (QED) is 0.807. The maximum absolute atomic E-state index is 13.1. The summed E-state index contributed by atoms with van der Waals surface area (Å²) in [5.41, 5.74) is 0.427. The van der Waals surface area contributed by atoms with E-state index in [0.29, 0.717) is 5.56 Å². The molecule has 0 aromatic heterocycles. The van der Waals surface area contributed by atoms with Gasteiger partial charge in [-0.25, -0.2) is 4.39 Å². The van der Waals surface area contributed by atoms with E-state index in [1.54, 1.807) is 36.4 Å². The van der Waals surface area contributed by atoms with E-state index in [-0.39, 0.29) is 6.42 Å². The Labute approximate surface area is 87.3 Å². The Morgan fingerprint density at radius 3 is 2.40 bits per heavy atom. The van der Waals surface area contributed by atoms with Crippen molar-refractivity contribution in [2.45, 2.75) is 6.42 Å². The van der Waals surface area contributed by atoms with Gasteiger partial charge in [0.05, 0.1) is 6.42 Å². The van der Waals surface area contributed by atoms with E-state index >= 15 is 0 Å². The second-order valence-electron chi connectivity index (χ2n) is 2.97. The summed E-state index contributed by atoms with van der Waals surface area (Å²) in [5, 5.41) is 8.59. The first kappa shape index (κ1) is 11.2. The molecule has 0 aliphatic carbocycles. The van der Waals surface area contributed by atoms with Crippen molar-refractivity contribution in [3.63, 3.8) is 0 Å². The van der Waals surface area contributed by atoms with Crippen LogP contribution >= 0.6 is 0 Å². The molecule has 0 aliphatic rings. The molecule has 0 saturated heterocycles. The van der Waals surface area contributed by atoms with E-state index in [1.807, 2.05) is 0 Å². The van der Waals surface area contributed by atoms with E-state index in [4.69, 9.17) is 5.11 Å². The summed E-state index contributed by atoms with van der Waals surface area (Å²) < 4.78 is 13.1. The van der Waals surface area contributed by atoms with Crippen LogP contribution in [0.4, 0.5) is 4.39 Å². The molecule has 1 N–H and O–H groups in total. The van der Waals surface area contributed by atoms with Crippen LogP contribution in [0.5, 0.6) is 0 Å². The number of hydrogen-bond donors (Lipinski definition) is 1. The number of carboxylic acids is 1. The van der Waals surface area contributed by atoms with Gasteiger partial charge in [0, 0.05) is 0 Å². The van der Waals surface area contributed by atoms with Crippen molar-refractivity contribution in [3.05, 3.63) is 59.9 Å². The van der Waals surface area contributed by atoms with Gasteiger partial charge in [0.2, 0.25) is 0 Å². The number of carboxylic acid groups (broad SMARTS) is 1. The summed E-state index contributed by atoms with van der Waals surface area (Å²) in [5.74, 6) is -1.43. The van der Waals surface area contributed by atoms with Crippen LogP contribution in [0, 0.1) is 5.82 Å². The Kier molecular flexibility index (Phi) is 4.29. The third-order valence-corrected chi connectivity index (χ3v) is 1.69. The molecule has 78 valence electrons. The average Bonchev–Trinajstić information content (AvgIpc) is 2.15. The van der Waals surface area contributed by atoms with Crippen molar-refractivity contribution in [1.82, 2.24) is 0 Å². The highest BCUT2D eigenvalue weighted by molar-refractivity contribution is 5.69. The molecule has 1 aromatic rings. The summed E-state index contributed by atoms with van der Waals surface area (Å²) in [6, 6.07) is 12.5. The molecule has 0 bridgehead atoms. The predicted molar refractivity (Wildman–Crippen MR) is 55.4 cm³/mol. The van der Waals surface area contributed by atoms with Gasteiger partial charge in [0.25, 0.3) is 0 Å². The Hall–Kier alpha value is -1.90. The zero-order valence-corrected chi connectivity index (χ0v) is 8.06. The smallest absolute Gasteiger partial charge is 0.307 e. The van der Waals surface area contributed by atoms with Gasteiger partial charge in [-0.05, 0) is 17.7 Å². The maximum Gasteiger partial charge on any atom is 0.307 e. The molecule has 0 radical (unpaired) electrons. The molecule has 1 rings (SSSR count). The molecule has 1 aromatic carbocycles. The molecule has 0 amide bonds. The number of halogens is 1. The highest BCUT2D eigenvalue weighted by Crippen LogP contribution is 2.00. The lowest BCUT2D eigenvalue weighted by Gasteiger charge is -1.92. The second kappa shape index (κ2) is 5.75. The minimum absolute atomic E-state index is 0.185. The summed E-state index contributed by atoms with van der Waals surface area (Å²) >= 11 is 0. The maximum atomic E-state index is 13.1. The number of carbonyl (C=O) groups is 1. The SMILES string of the molecule is O=C(O)Cc1cccccccc(F)c1. The molecule has 0 unspecified atom stereocenters. The first-order chi connectivity index (χ1) is 7.18. The van der Waals surface area contributed by atoms with Crippen LogP contribution in [-0.4, -0.2) is 11.1 Å². The number of hydrogen-bond acceptors (Lipinski definition) is 1. The third-order valence-electron chi connectivity index (χ3n) is 1.69. The Morgan fingerprint density at radius 2 is 1.73 bits per heavy atom. The van der Waals surface area contributed by atoms with Gasteiger partial charge in [-0.2, -0.15) is 0 Å². The van der Waals surface area contributed by atoms with Crippen LogP contribution in [0.1, 0.15) is 5.56 Å². The lowest BCUT2D eigenvalue weighted by Crippen LogP contribution is -1.99. The Morgan fingerprint density at radius 1 is 1.13 bits per heavy atom. The molecule has 0 aliphatic heterocycles. The minimum Gasteiger partial charge on any atom is -0.481 e. The lowest BCUT2D eigenvalue weighted by atomic mass is 10.2. The highest BCUT2D eigenvalue weighted by atomic mass is 19.1. The zero-order valence-electron chi connectivity index (χ0n) is 8.06. The number of aliphatic carboxylic acids is 1. The van der Waals surface area contributed by atoms with Crippen LogP contribution in [0.25, 0.3) is 0 Å². The van der Waals surface area contributed by atoms with Gasteiger partial charge in [-0.15, -0.1) is 0 Å². The molecule has 0 fully saturated rings. The van der Waals surface area contributed by atoms with Crippen molar-refractivity contribution in [2.24, 2.45) is 0 Å². The summed E-state index contributed by atoms with van der Waals surface area (Å²) in [4.78, 5) is 10.5. The van der Waals surface area contributed by atoms with Gasteiger partial charge in [-0.1, -0.05) is 36.4 Å². The minimum atomic E-state index is -0.977. The van der Waals surface area contributed by atoms with Crippen molar-refractivity contribution < 1.29 is 14.3 Å². The molecular formula is C12H11FO2. The standard InChI is InChI=1S/C12H11FO2/c13-11-7-5-3-1-2-4-6-10(8-11)9-12(14)15/h1-8H,9H2,(H,14,15). The van der Waals surface area contributed by atoms with E-state index < -0.39 is 11.8 Å². The number of rotatable bonds is 2. The molecule has 0 heterocycles. The highest BCUT2D eigenvalue weighted by Gasteiger charge is 1.98. The van der Waals surface area contributed by atoms with E-state index in [2.05, 4.69) is 0 Å². The van der Waals surface area contributed by atoms with Crippen LogP contribution < -0.4 is 0 Å². The van der Waals surface area contributed by atoms with Crippen LogP contribution in [0.15, 0.2) is 48.5 Å². The molecule has 0 atom stereocenters. The topological polar surface area (TPSA) is 37.3 Å². The van der Waals surface area contributed by atoms with Gasteiger partial charge < -0.3 is 5.11 Å². The van der Waals surface area contributed by atoms with Crippen molar-refractivity contribution >= 4 is 5.97 Å². The molecule has 0 spiro atoms. The largest absolute Gasteiger partial charge is 0.481 e. The zero-order chi connectivity index (χ0) is 11.1. The molecular weight excluding hydrogens is 195 g/mol. The fraction of sp³-hybridized carbons (Fsp3) is 0.0833. The van der Waals surface area contributed by atoms with Gasteiger partial charge in [0.15, 0.2) is 0 Å². The van der Waals surface area contributed by atoms with Gasteiger partial charge >= 0.3 is 5.97 Å². The fourth-order valence-electron chi connectivity index (χ4n) is 1.08. The molecule has 15 heavy (non-hydrogen) atoms. The van der Waals surface area contributed by atoms with E-state index in [1.165, 1.54) is 12.1 Å². The molecule has 3 heteroatoms. The normalized spacial score (nSPS) is 9.13. The van der Waals surface area contributed by atoms with E-state index in [0.717, 1.165) is 0 Å². The van der Waals surface area contributed by atoms with Crippen molar-refractivity contribution in [1.29, 1.82) is 0 Å². The first-order valence-corrected chi connectivity index (χ1v) is 4.48. The lowest BCUT2D eigenvalue weighted by molar-refractivity contribution is -0.136. The van der Waals surface area contributed by atoms with Crippen LogP contribution in [0.2, 0.25) is 0 Å². The average molecular weight is 206 g/mol. The first-order valence-electron chi connectivity index (χ1n) is 4.48. The summed E-state index contributed by atoms with van der Waals surface area (Å²) in [7, 11) is 0. The Bertz CT molecular complexity index is 401. The van der Waals surface area contributed by atoms with Crippen LogP contribution in [0.3, 0.4) is 0 Å². The van der Waals surface area contributed by atoms with Gasteiger partial charge in [0.1, 0.15) is 5.82 Å². The monoisotopic (exact) mass is 206 g/mol. The van der Waals surface area contributed by atoms with Gasteiger partial charge in [-0.3, -0.25) is 4.79 Å². The molecule has 0 saturated carbocycles. The van der Waals surface area contributed by atoms with Crippen LogP contribution in [-0.2, 0) is 11.2 Å². The fourth-order valence-corrected chi connectivity index (χ4v) is 1.08. The van der Waals surface area contributed by atoms with Crippen molar-refractivity contribution in [2.75, 3.05) is 0 Å².